The van der Waals surface area contributed by atoms with Gasteiger partial charge in [-0.1, -0.05) is 27.5 Å². The molecule has 7 heteroatoms. The second-order valence-corrected chi connectivity index (χ2v) is 6.41. The van der Waals surface area contributed by atoms with Crippen LogP contribution < -0.4 is 10.2 Å². The van der Waals surface area contributed by atoms with Gasteiger partial charge in [-0.15, -0.1) is 0 Å². The van der Waals surface area contributed by atoms with Crippen LogP contribution in [-0.4, -0.2) is 24.2 Å². The van der Waals surface area contributed by atoms with Crippen molar-refractivity contribution in [2.24, 2.45) is 5.10 Å². The number of pyridine rings is 1. The third kappa shape index (κ3) is 4.15. The fourth-order valence-corrected chi connectivity index (χ4v) is 2.64. The van der Waals surface area contributed by atoms with Gasteiger partial charge in [0.05, 0.1) is 18.8 Å². The van der Waals surface area contributed by atoms with Crippen molar-refractivity contribution in [1.82, 2.24) is 10.4 Å². The number of methoxy groups -OCH3 is 1. The van der Waals surface area contributed by atoms with Gasteiger partial charge in [-0.3, -0.25) is 4.79 Å². The zero-order valence-electron chi connectivity index (χ0n) is 13.2. The fraction of sp³-hybridized carbons (Fsp3) is 0.0556. The molecule has 5 nitrogen and oxygen atoms in total. The van der Waals surface area contributed by atoms with E-state index < -0.39 is 0 Å². The molecule has 0 aliphatic carbocycles. The molecule has 0 bridgehead atoms. The zero-order valence-corrected chi connectivity index (χ0v) is 15.5. The van der Waals surface area contributed by atoms with E-state index in [-0.39, 0.29) is 5.91 Å². The van der Waals surface area contributed by atoms with Crippen molar-refractivity contribution in [3.8, 4) is 5.75 Å². The number of aromatic nitrogens is 1. The molecule has 1 aromatic heterocycles. The standard InChI is InChI=1S/C18H13BrClN3O2/c1-25-15-7-4-12-8-13(17(20)22-16(12)9-15)10-21-23-18(24)11-2-5-14(19)6-3-11/h2-10H,1H3,(H,23,24). The van der Waals surface area contributed by atoms with E-state index in [0.717, 1.165) is 15.4 Å². The summed E-state index contributed by atoms with van der Waals surface area (Å²) in [6.07, 6.45) is 1.47. The SMILES string of the molecule is COc1ccc2cc(C=NNC(=O)c3ccc(Br)cc3)c(Cl)nc2c1. The Balaban J connectivity index is 1.77. The second-order valence-electron chi connectivity index (χ2n) is 5.13. The summed E-state index contributed by atoms with van der Waals surface area (Å²) in [6.45, 7) is 0. The molecule has 2 aromatic carbocycles. The highest BCUT2D eigenvalue weighted by Crippen LogP contribution is 2.23. The van der Waals surface area contributed by atoms with Gasteiger partial charge in [0, 0.05) is 27.1 Å². The summed E-state index contributed by atoms with van der Waals surface area (Å²) in [5.74, 6) is 0.401. The van der Waals surface area contributed by atoms with Crippen molar-refractivity contribution < 1.29 is 9.53 Å². The van der Waals surface area contributed by atoms with Crippen molar-refractivity contribution in [1.29, 1.82) is 0 Å². The minimum atomic E-state index is -0.307. The van der Waals surface area contributed by atoms with Crippen molar-refractivity contribution in [2.75, 3.05) is 7.11 Å². The van der Waals surface area contributed by atoms with Crippen LogP contribution in [0.5, 0.6) is 5.75 Å². The largest absolute Gasteiger partial charge is 0.497 e. The normalized spacial score (nSPS) is 11.0. The Labute approximate surface area is 157 Å². The Bertz CT molecular complexity index is 958. The summed E-state index contributed by atoms with van der Waals surface area (Å²) < 4.78 is 6.07. The maximum absolute atomic E-state index is 12.0. The number of benzene rings is 2. The summed E-state index contributed by atoms with van der Waals surface area (Å²) in [6, 6.07) is 14.4. The highest BCUT2D eigenvalue weighted by molar-refractivity contribution is 9.10. The fourth-order valence-electron chi connectivity index (χ4n) is 2.18. The number of hydrogen-bond acceptors (Lipinski definition) is 4. The van der Waals surface area contributed by atoms with Gasteiger partial charge in [-0.25, -0.2) is 10.4 Å². The maximum Gasteiger partial charge on any atom is 0.271 e. The van der Waals surface area contributed by atoms with Crippen LogP contribution >= 0.6 is 27.5 Å². The van der Waals surface area contributed by atoms with Gasteiger partial charge >= 0.3 is 0 Å². The van der Waals surface area contributed by atoms with Crippen LogP contribution in [-0.2, 0) is 0 Å². The quantitative estimate of drug-likeness (QED) is 0.387. The molecule has 0 aliphatic rings. The average molecular weight is 419 g/mol. The topological polar surface area (TPSA) is 63.6 Å². The highest BCUT2D eigenvalue weighted by Gasteiger charge is 2.06. The highest BCUT2D eigenvalue weighted by atomic mass is 79.9. The smallest absolute Gasteiger partial charge is 0.271 e. The third-order valence-electron chi connectivity index (χ3n) is 3.48. The number of hydrogen-bond donors (Lipinski definition) is 1. The number of hydrazone groups is 1. The number of halogens is 2. The van der Waals surface area contributed by atoms with Crippen molar-refractivity contribution in [2.45, 2.75) is 0 Å². The van der Waals surface area contributed by atoms with Crippen molar-refractivity contribution in [3.63, 3.8) is 0 Å². The first-order valence-corrected chi connectivity index (χ1v) is 8.47. The zero-order chi connectivity index (χ0) is 17.8. The molecule has 0 radical (unpaired) electrons. The lowest BCUT2D eigenvalue weighted by molar-refractivity contribution is 0.0955. The summed E-state index contributed by atoms with van der Waals surface area (Å²) in [5, 5.41) is 5.14. The predicted molar refractivity (Wildman–Crippen MR) is 103 cm³/mol. The van der Waals surface area contributed by atoms with Crippen LogP contribution in [0.1, 0.15) is 15.9 Å². The van der Waals surface area contributed by atoms with E-state index in [2.05, 4.69) is 31.4 Å². The molecule has 25 heavy (non-hydrogen) atoms. The Hall–Kier alpha value is -2.44. The molecule has 0 unspecified atom stereocenters. The molecule has 1 amide bonds. The minimum Gasteiger partial charge on any atom is -0.497 e. The molecule has 1 heterocycles. The average Bonchev–Trinajstić information content (AvgIpc) is 2.62. The van der Waals surface area contributed by atoms with E-state index in [4.69, 9.17) is 16.3 Å². The van der Waals surface area contributed by atoms with Crippen LogP contribution in [0.15, 0.2) is 58.1 Å². The molecular weight excluding hydrogens is 406 g/mol. The number of nitrogens with one attached hydrogen (secondary N) is 1. The molecule has 3 rings (SSSR count). The summed E-state index contributed by atoms with van der Waals surface area (Å²) in [7, 11) is 1.60. The van der Waals surface area contributed by atoms with Crippen molar-refractivity contribution >= 4 is 50.6 Å². The number of rotatable bonds is 4. The lowest BCUT2D eigenvalue weighted by Crippen LogP contribution is -2.17. The van der Waals surface area contributed by atoms with E-state index >= 15 is 0 Å². The number of ether oxygens (including phenoxy) is 1. The van der Waals surface area contributed by atoms with Crippen molar-refractivity contribution in [3.05, 3.63) is 69.3 Å². The van der Waals surface area contributed by atoms with E-state index in [0.29, 0.717) is 22.0 Å². The lowest BCUT2D eigenvalue weighted by Gasteiger charge is -2.05. The van der Waals surface area contributed by atoms with E-state index in [1.807, 2.05) is 18.2 Å². The van der Waals surface area contributed by atoms with Gasteiger partial charge in [-0.2, -0.15) is 5.10 Å². The predicted octanol–water partition coefficient (Wildman–Crippen LogP) is 4.42. The maximum atomic E-state index is 12.0. The van der Waals surface area contributed by atoms with Crippen LogP contribution in [0.3, 0.4) is 0 Å². The summed E-state index contributed by atoms with van der Waals surface area (Å²) in [5.41, 5.74) is 4.31. The van der Waals surface area contributed by atoms with Gasteiger partial charge in [0.1, 0.15) is 10.9 Å². The van der Waals surface area contributed by atoms with Gasteiger partial charge in [0.2, 0.25) is 0 Å². The Kier molecular flexibility index (Phi) is 5.31. The Morgan fingerprint density at radius 2 is 2.00 bits per heavy atom. The molecule has 0 fully saturated rings. The first-order chi connectivity index (χ1) is 12.1. The molecule has 0 saturated carbocycles. The number of nitrogens with zero attached hydrogens (tertiary/aromatic N) is 2. The third-order valence-corrected chi connectivity index (χ3v) is 4.31. The van der Waals surface area contributed by atoms with E-state index in [1.54, 1.807) is 37.4 Å². The van der Waals surface area contributed by atoms with Crippen LogP contribution in [0.2, 0.25) is 5.15 Å². The number of amides is 1. The molecule has 1 N–H and O–H groups in total. The number of fused-ring (bicyclic) bond motifs is 1. The first kappa shape index (κ1) is 17.4. The summed E-state index contributed by atoms with van der Waals surface area (Å²) in [4.78, 5) is 16.3. The van der Waals surface area contributed by atoms with Gasteiger partial charge in [-0.05, 0) is 42.5 Å². The Morgan fingerprint density at radius 1 is 1.24 bits per heavy atom. The van der Waals surface area contributed by atoms with Crippen LogP contribution in [0.25, 0.3) is 10.9 Å². The summed E-state index contributed by atoms with van der Waals surface area (Å²) >= 11 is 9.51. The molecule has 0 atom stereocenters. The number of carbonyl (C=O) groups is 1. The molecule has 0 saturated heterocycles. The molecular formula is C18H13BrClN3O2. The van der Waals surface area contributed by atoms with E-state index in [1.165, 1.54) is 6.21 Å². The second kappa shape index (κ2) is 7.63. The molecule has 3 aromatic rings. The monoisotopic (exact) mass is 417 g/mol. The van der Waals surface area contributed by atoms with E-state index in [9.17, 15) is 4.79 Å². The van der Waals surface area contributed by atoms with Gasteiger partial charge in [0.15, 0.2) is 0 Å². The first-order valence-electron chi connectivity index (χ1n) is 7.30. The molecule has 0 spiro atoms. The molecule has 0 aliphatic heterocycles. The molecule has 126 valence electrons. The Morgan fingerprint density at radius 3 is 2.72 bits per heavy atom. The lowest BCUT2D eigenvalue weighted by atomic mass is 10.1. The van der Waals surface area contributed by atoms with Crippen LogP contribution in [0, 0.1) is 0 Å². The minimum absolute atomic E-state index is 0.294. The van der Waals surface area contributed by atoms with Gasteiger partial charge in [0.25, 0.3) is 5.91 Å². The van der Waals surface area contributed by atoms with Gasteiger partial charge < -0.3 is 4.74 Å². The van der Waals surface area contributed by atoms with Crippen LogP contribution in [0.4, 0.5) is 0 Å². The number of carbonyl (C=O) groups excluding carboxylic acids is 1.